The summed E-state index contributed by atoms with van der Waals surface area (Å²) in [5.74, 6) is -1.72. The molecule has 2 saturated carbocycles. The number of ether oxygens (including phenoxy) is 2. The summed E-state index contributed by atoms with van der Waals surface area (Å²) in [7, 11) is -2.38. The van der Waals surface area contributed by atoms with E-state index in [9.17, 15) is 19.8 Å². The molecule has 1 heterocycles. The number of esters is 1. The summed E-state index contributed by atoms with van der Waals surface area (Å²) in [6, 6.07) is 0. The van der Waals surface area contributed by atoms with Crippen molar-refractivity contribution in [3.63, 3.8) is 0 Å². The van der Waals surface area contributed by atoms with Crippen molar-refractivity contribution in [2.75, 3.05) is 0 Å². The molecule has 7 nitrogen and oxygen atoms in total. The van der Waals surface area contributed by atoms with E-state index in [0.717, 1.165) is 6.08 Å². The molecule has 0 unspecified atom stereocenters. The molecule has 0 bridgehead atoms. The third-order valence-electron chi connectivity index (χ3n) is 10.4. The highest BCUT2D eigenvalue weighted by Gasteiger charge is 2.81. The van der Waals surface area contributed by atoms with Crippen molar-refractivity contribution >= 4 is 20.1 Å². The first-order valence-corrected chi connectivity index (χ1v) is 16.3. The Kier molecular flexibility index (Phi) is 7.23. The van der Waals surface area contributed by atoms with Crippen molar-refractivity contribution < 1.29 is 33.7 Å². The van der Waals surface area contributed by atoms with Crippen molar-refractivity contribution in [1.29, 1.82) is 0 Å². The highest BCUT2D eigenvalue weighted by molar-refractivity contribution is 6.74. The van der Waals surface area contributed by atoms with Gasteiger partial charge in [-0.25, -0.2) is 4.79 Å². The molecule has 37 heavy (non-hydrogen) atoms. The van der Waals surface area contributed by atoms with Crippen LogP contribution in [0.1, 0.15) is 74.7 Å². The maximum Gasteiger partial charge on any atom is 0.330 e. The molecule has 0 aromatic carbocycles. The molecule has 0 aromatic rings. The molecule has 8 atom stereocenters. The van der Waals surface area contributed by atoms with E-state index < -0.39 is 71.9 Å². The van der Waals surface area contributed by atoms with Gasteiger partial charge in [0.25, 0.3) is 0 Å². The minimum atomic E-state index is -2.38. The second kappa shape index (κ2) is 8.85. The van der Waals surface area contributed by atoms with Crippen LogP contribution in [0.4, 0.5) is 0 Å². The van der Waals surface area contributed by atoms with E-state index in [1.807, 2.05) is 20.8 Å². The Hall–Kier alpha value is -1.32. The predicted molar refractivity (Wildman–Crippen MR) is 145 cm³/mol. The number of Topliss-reactive ketones (excluding diaryl/α,β-unsaturated/α-hetero) is 1. The zero-order valence-electron chi connectivity index (χ0n) is 24.4. The van der Waals surface area contributed by atoms with Crippen LogP contribution >= 0.6 is 0 Å². The van der Waals surface area contributed by atoms with Crippen LogP contribution in [-0.4, -0.2) is 65.4 Å². The third kappa shape index (κ3) is 4.13. The number of fused-ring (bicyclic) bond motifs is 3. The Morgan fingerprint density at radius 2 is 1.73 bits per heavy atom. The number of carbonyl (C=O) groups is 2. The van der Waals surface area contributed by atoms with Crippen LogP contribution in [0.5, 0.6) is 0 Å². The van der Waals surface area contributed by atoms with Gasteiger partial charge in [-0.2, -0.15) is 0 Å². The average Bonchev–Trinajstić information content (AvgIpc) is 2.76. The lowest BCUT2D eigenvalue weighted by Crippen LogP contribution is -2.87. The number of aliphatic hydroxyl groups excluding tert-OH is 1. The first kappa shape index (κ1) is 30.2. The zero-order chi connectivity index (χ0) is 28.6. The van der Waals surface area contributed by atoms with E-state index in [1.165, 1.54) is 6.08 Å². The molecule has 2 aliphatic carbocycles. The summed E-state index contributed by atoms with van der Waals surface area (Å²) in [6.07, 6.45) is 0.706. The molecule has 0 aromatic heterocycles. The molecule has 3 fully saturated rings. The van der Waals surface area contributed by atoms with Crippen molar-refractivity contribution in [2.24, 2.45) is 16.7 Å². The Labute approximate surface area is 223 Å². The SMILES string of the molecule is C=CC(=O)O[C@H]1[C@H]2C(C)(C)CC[C@H](O[Si](C)(C)C(C)(C)C)[C@]2(C)[C@@]2(O)C(=O)C[C@](C)(C=C)O[C@]2(C)[C@H]1O. The first-order valence-electron chi connectivity index (χ1n) is 13.4. The molecule has 1 aliphatic heterocycles. The van der Waals surface area contributed by atoms with Gasteiger partial charge in [0.05, 0.1) is 11.7 Å². The van der Waals surface area contributed by atoms with Crippen LogP contribution in [-0.2, 0) is 23.5 Å². The fourth-order valence-electron chi connectivity index (χ4n) is 7.28. The summed E-state index contributed by atoms with van der Waals surface area (Å²) in [4.78, 5) is 26.8. The molecule has 3 aliphatic rings. The largest absolute Gasteiger partial charge is 0.456 e. The van der Waals surface area contributed by atoms with E-state index in [-0.39, 0.29) is 11.5 Å². The van der Waals surface area contributed by atoms with Gasteiger partial charge in [0, 0.05) is 23.8 Å². The number of rotatable bonds is 5. The van der Waals surface area contributed by atoms with Gasteiger partial charge >= 0.3 is 5.97 Å². The van der Waals surface area contributed by atoms with Gasteiger partial charge in [0.1, 0.15) is 17.8 Å². The highest BCUT2D eigenvalue weighted by atomic mass is 28.4. The van der Waals surface area contributed by atoms with Gasteiger partial charge in [0.15, 0.2) is 19.7 Å². The normalized spacial score (nSPS) is 43.8. The maximum atomic E-state index is 14.2. The number of ketones is 1. The predicted octanol–water partition coefficient (Wildman–Crippen LogP) is 4.72. The molecule has 3 rings (SSSR count). The van der Waals surface area contributed by atoms with E-state index in [0.29, 0.717) is 12.8 Å². The quantitative estimate of drug-likeness (QED) is 0.227. The van der Waals surface area contributed by atoms with Gasteiger partial charge < -0.3 is 24.1 Å². The van der Waals surface area contributed by atoms with Crippen molar-refractivity contribution in [3.05, 3.63) is 25.3 Å². The second-order valence-corrected chi connectivity index (χ2v) is 19.0. The van der Waals surface area contributed by atoms with E-state index in [1.54, 1.807) is 13.8 Å². The maximum absolute atomic E-state index is 14.2. The fourth-order valence-corrected chi connectivity index (χ4v) is 8.71. The van der Waals surface area contributed by atoms with Crippen LogP contribution in [0.2, 0.25) is 18.1 Å². The van der Waals surface area contributed by atoms with Gasteiger partial charge in [-0.1, -0.05) is 54.2 Å². The average molecular weight is 537 g/mol. The minimum absolute atomic E-state index is 0.0953. The van der Waals surface area contributed by atoms with E-state index in [4.69, 9.17) is 13.9 Å². The Bertz CT molecular complexity index is 983. The second-order valence-electron chi connectivity index (χ2n) is 14.2. The summed E-state index contributed by atoms with van der Waals surface area (Å²) < 4.78 is 19.4. The van der Waals surface area contributed by atoms with E-state index >= 15 is 0 Å². The van der Waals surface area contributed by atoms with Crippen LogP contribution < -0.4 is 0 Å². The topological polar surface area (TPSA) is 102 Å². The smallest absolute Gasteiger partial charge is 0.330 e. The first-order chi connectivity index (χ1) is 16.6. The fraction of sp³-hybridized carbons (Fsp3) is 0.793. The van der Waals surface area contributed by atoms with E-state index in [2.05, 4.69) is 47.0 Å². The lowest BCUT2D eigenvalue weighted by molar-refractivity contribution is -0.369. The monoisotopic (exact) mass is 536 g/mol. The number of aliphatic hydroxyl groups is 2. The van der Waals surface area contributed by atoms with Crippen LogP contribution in [0.3, 0.4) is 0 Å². The molecule has 2 N–H and O–H groups in total. The zero-order valence-corrected chi connectivity index (χ0v) is 25.4. The number of hydrogen-bond donors (Lipinski definition) is 2. The number of carbonyl (C=O) groups excluding carboxylic acids is 2. The molecule has 1 saturated heterocycles. The molecular weight excluding hydrogens is 488 g/mol. The van der Waals surface area contributed by atoms with Gasteiger partial charge in [-0.3, -0.25) is 4.79 Å². The Morgan fingerprint density at radius 1 is 1.16 bits per heavy atom. The van der Waals surface area contributed by atoms with Crippen LogP contribution in [0.15, 0.2) is 25.3 Å². The molecule has 210 valence electrons. The summed E-state index contributed by atoms with van der Waals surface area (Å²) in [6.45, 7) is 27.3. The van der Waals surface area contributed by atoms with Crippen molar-refractivity contribution in [1.82, 2.24) is 0 Å². The summed E-state index contributed by atoms with van der Waals surface area (Å²) in [5, 5.41) is 24.6. The van der Waals surface area contributed by atoms with Crippen molar-refractivity contribution in [3.8, 4) is 0 Å². The van der Waals surface area contributed by atoms with Gasteiger partial charge in [0.2, 0.25) is 0 Å². The van der Waals surface area contributed by atoms with Crippen LogP contribution in [0, 0.1) is 16.7 Å². The third-order valence-corrected chi connectivity index (χ3v) is 14.8. The van der Waals surface area contributed by atoms with Gasteiger partial charge in [-0.05, 0) is 50.2 Å². The lowest BCUT2D eigenvalue weighted by atomic mass is 9.39. The highest BCUT2D eigenvalue weighted by Crippen LogP contribution is 2.68. The molecule has 0 spiro atoms. The van der Waals surface area contributed by atoms with Crippen LogP contribution in [0.25, 0.3) is 0 Å². The lowest BCUT2D eigenvalue weighted by Gasteiger charge is -2.72. The standard InChI is InChI=1S/C29H48O7Si/c1-13-20(31)34-21-22-25(6,7)16-15-19(35-37(11,12)24(3,4)5)27(22,9)29(33)18(30)17-26(8,14-2)36-28(29,10)23(21)32/h13-14,19,21-23,32-33H,1-2,15-17H2,3-12H3/t19-,21-,22-,23-,26-,27-,28+,29-/m0/s1. The van der Waals surface area contributed by atoms with Gasteiger partial charge in [-0.15, -0.1) is 6.58 Å². The Morgan fingerprint density at radius 3 is 2.22 bits per heavy atom. The molecule has 8 heteroatoms. The molecular formula is C29H48O7Si. The number of hydrogen-bond acceptors (Lipinski definition) is 7. The Balaban J connectivity index is 2.35. The van der Waals surface area contributed by atoms with Crippen molar-refractivity contribution in [2.45, 2.75) is 128 Å². The minimum Gasteiger partial charge on any atom is -0.456 e. The summed E-state index contributed by atoms with van der Waals surface area (Å²) in [5.41, 5.74) is -6.79. The molecule has 0 amide bonds. The molecule has 0 radical (unpaired) electrons. The summed E-state index contributed by atoms with van der Waals surface area (Å²) >= 11 is 0.